The van der Waals surface area contributed by atoms with Crippen LogP contribution in [0.4, 0.5) is 9.18 Å². The molecule has 1 aromatic rings. The van der Waals surface area contributed by atoms with E-state index in [1.165, 1.54) is 18.2 Å². The lowest BCUT2D eigenvalue weighted by molar-refractivity contribution is 0.237. The van der Waals surface area contributed by atoms with Crippen molar-refractivity contribution in [2.75, 3.05) is 19.7 Å². The van der Waals surface area contributed by atoms with Crippen molar-refractivity contribution in [2.45, 2.75) is 0 Å². The van der Waals surface area contributed by atoms with Crippen LogP contribution in [0.1, 0.15) is 0 Å². The van der Waals surface area contributed by atoms with Crippen molar-refractivity contribution in [1.29, 1.82) is 0 Å². The fraction of sp³-hybridized carbons (Fsp3) is 0.250. The fourth-order valence-corrected chi connectivity index (χ4v) is 1.37. The van der Waals surface area contributed by atoms with E-state index < -0.39 is 5.82 Å². The van der Waals surface area contributed by atoms with E-state index >= 15 is 0 Å². The molecule has 1 rings (SSSR count). The minimum atomic E-state index is -0.422. The van der Waals surface area contributed by atoms with Gasteiger partial charge in [-0.15, -0.1) is 6.58 Å². The Bertz CT molecular complexity index is 427. The molecule has 6 heteroatoms. The third-order valence-electron chi connectivity index (χ3n) is 1.95. The van der Waals surface area contributed by atoms with E-state index in [1.807, 2.05) is 0 Å². The Labute approximate surface area is 110 Å². The monoisotopic (exact) mass is 272 g/mol. The van der Waals surface area contributed by atoms with Crippen LogP contribution in [0, 0.1) is 5.82 Å². The maximum Gasteiger partial charge on any atom is 0.315 e. The molecule has 0 aliphatic carbocycles. The van der Waals surface area contributed by atoms with Gasteiger partial charge in [-0.1, -0.05) is 17.7 Å². The molecule has 0 heterocycles. The number of rotatable bonds is 6. The Kier molecular flexibility index (Phi) is 6.00. The number of hydrogen-bond acceptors (Lipinski definition) is 2. The van der Waals surface area contributed by atoms with Gasteiger partial charge in [-0.05, 0) is 18.2 Å². The number of urea groups is 1. The lowest BCUT2D eigenvalue weighted by atomic mass is 10.3. The summed E-state index contributed by atoms with van der Waals surface area (Å²) in [7, 11) is 0. The first-order valence-corrected chi connectivity index (χ1v) is 5.71. The van der Waals surface area contributed by atoms with E-state index in [0.717, 1.165) is 0 Å². The number of halogens is 2. The van der Waals surface area contributed by atoms with E-state index in [9.17, 15) is 9.18 Å². The van der Waals surface area contributed by atoms with Crippen LogP contribution in [-0.4, -0.2) is 25.7 Å². The third-order valence-corrected chi connectivity index (χ3v) is 2.24. The van der Waals surface area contributed by atoms with Gasteiger partial charge in [-0.3, -0.25) is 0 Å². The summed E-state index contributed by atoms with van der Waals surface area (Å²) in [5.41, 5.74) is 0. The highest BCUT2D eigenvalue weighted by molar-refractivity contribution is 6.32. The number of hydrogen-bond donors (Lipinski definition) is 2. The van der Waals surface area contributed by atoms with Gasteiger partial charge in [0, 0.05) is 6.54 Å². The Morgan fingerprint density at radius 2 is 2.28 bits per heavy atom. The van der Waals surface area contributed by atoms with E-state index in [1.54, 1.807) is 6.08 Å². The Morgan fingerprint density at radius 1 is 1.50 bits per heavy atom. The van der Waals surface area contributed by atoms with Crippen LogP contribution in [0.3, 0.4) is 0 Å². The summed E-state index contributed by atoms with van der Waals surface area (Å²) in [5.74, 6) is -0.0411. The van der Waals surface area contributed by atoms with Crippen LogP contribution in [-0.2, 0) is 0 Å². The number of benzene rings is 1. The molecule has 0 saturated heterocycles. The van der Waals surface area contributed by atoms with Gasteiger partial charge in [-0.25, -0.2) is 9.18 Å². The molecule has 0 fully saturated rings. The summed E-state index contributed by atoms with van der Waals surface area (Å²) in [4.78, 5) is 11.1. The molecule has 1 aromatic carbocycles. The molecule has 0 saturated carbocycles. The summed E-state index contributed by atoms with van der Waals surface area (Å²) in [5, 5.41) is 5.33. The highest BCUT2D eigenvalue weighted by atomic mass is 35.5. The van der Waals surface area contributed by atoms with Crippen molar-refractivity contribution >= 4 is 17.6 Å². The number of carbonyl (C=O) groups is 1. The maximum absolute atomic E-state index is 12.7. The van der Waals surface area contributed by atoms with Gasteiger partial charge < -0.3 is 15.4 Å². The fourth-order valence-electron chi connectivity index (χ4n) is 1.15. The largest absolute Gasteiger partial charge is 0.490 e. The molecular formula is C12H14ClFN2O2. The predicted octanol–water partition coefficient (Wildman–Crippen LogP) is 2.34. The predicted molar refractivity (Wildman–Crippen MR) is 68.5 cm³/mol. The summed E-state index contributed by atoms with van der Waals surface area (Å²) >= 11 is 5.76. The molecule has 0 spiro atoms. The molecule has 0 aromatic heterocycles. The first-order valence-electron chi connectivity index (χ1n) is 5.34. The Morgan fingerprint density at radius 3 is 2.94 bits per heavy atom. The first kappa shape index (κ1) is 14.3. The van der Waals surface area contributed by atoms with Crippen LogP contribution in [0.15, 0.2) is 30.9 Å². The molecule has 0 unspecified atom stereocenters. The standard InChI is InChI=1S/C12H14ClFN2O2/c1-2-5-15-12(17)16-6-7-18-11-4-3-9(14)8-10(11)13/h2-4,8H,1,5-7H2,(H2,15,16,17). The van der Waals surface area contributed by atoms with Gasteiger partial charge in [0.15, 0.2) is 0 Å². The van der Waals surface area contributed by atoms with Crippen molar-refractivity contribution in [3.8, 4) is 5.75 Å². The number of nitrogens with one attached hydrogen (secondary N) is 2. The minimum absolute atomic E-state index is 0.200. The van der Waals surface area contributed by atoms with E-state index in [2.05, 4.69) is 17.2 Å². The zero-order valence-corrected chi connectivity index (χ0v) is 10.5. The Balaban J connectivity index is 2.25. The molecule has 0 atom stereocenters. The molecule has 0 radical (unpaired) electrons. The lowest BCUT2D eigenvalue weighted by Gasteiger charge is -2.09. The lowest BCUT2D eigenvalue weighted by Crippen LogP contribution is -2.37. The molecule has 2 N–H and O–H groups in total. The van der Waals surface area contributed by atoms with Crippen molar-refractivity contribution in [2.24, 2.45) is 0 Å². The molecule has 0 aliphatic heterocycles. The quantitative estimate of drug-likeness (QED) is 0.617. The third kappa shape index (κ3) is 5.05. The molecule has 0 bridgehead atoms. The summed E-state index contributed by atoms with van der Waals surface area (Å²) < 4.78 is 18.0. The number of carbonyl (C=O) groups excluding carboxylic acids is 1. The molecular weight excluding hydrogens is 259 g/mol. The highest BCUT2D eigenvalue weighted by Gasteiger charge is 2.03. The van der Waals surface area contributed by atoms with Crippen LogP contribution in [0.25, 0.3) is 0 Å². The zero-order valence-electron chi connectivity index (χ0n) is 9.71. The van der Waals surface area contributed by atoms with Crippen LogP contribution in [0.2, 0.25) is 5.02 Å². The second-order valence-corrected chi connectivity index (χ2v) is 3.76. The van der Waals surface area contributed by atoms with E-state index in [0.29, 0.717) is 18.8 Å². The summed E-state index contributed by atoms with van der Waals surface area (Å²) in [6.07, 6.45) is 1.58. The highest BCUT2D eigenvalue weighted by Crippen LogP contribution is 2.24. The topological polar surface area (TPSA) is 50.4 Å². The minimum Gasteiger partial charge on any atom is -0.490 e. The van der Waals surface area contributed by atoms with E-state index in [-0.39, 0.29) is 17.7 Å². The smallest absolute Gasteiger partial charge is 0.315 e. The van der Waals surface area contributed by atoms with Crippen LogP contribution >= 0.6 is 11.6 Å². The zero-order chi connectivity index (χ0) is 13.4. The van der Waals surface area contributed by atoms with Crippen LogP contribution in [0.5, 0.6) is 5.75 Å². The van der Waals surface area contributed by atoms with Crippen molar-refractivity contribution in [3.63, 3.8) is 0 Å². The number of ether oxygens (including phenoxy) is 1. The van der Waals surface area contributed by atoms with E-state index in [4.69, 9.17) is 16.3 Å². The normalized spacial score (nSPS) is 9.67. The van der Waals surface area contributed by atoms with Gasteiger partial charge in [0.05, 0.1) is 11.6 Å². The second kappa shape index (κ2) is 7.55. The molecule has 2 amide bonds. The van der Waals surface area contributed by atoms with Crippen molar-refractivity contribution < 1.29 is 13.9 Å². The van der Waals surface area contributed by atoms with Crippen LogP contribution < -0.4 is 15.4 Å². The SMILES string of the molecule is C=CCNC(=O)NCCOc1ccc(F)cc1Cl. The van der Waals surface area contributed by atoms with Crippen molar-refractivity contribution in [3.05, 3.63) is 41.7 Å². The average molecular weight is 273 g/mol. The maximum atomic E-state index is 12.7. The van der Waals surface area contributed by atoms with Gasteiger partial charge in [0.25, 0.3) is 0 Å². The first-order chi connectivity index (χ1) is 8.63. The molecule has 98 valence electrons. The van der Waals surface area contributed by atoms with Crippen molar-refractivity contribution in [1.82, 2.24) is 10.6 Å². The van der Waals surface area contributed by atoms with Gasteiger partial charge >= 0.3 is 6.03 Å². The second-order valence-electron chi connectivity index (χ2n) is 3.35. The average Bonchev–Trinajstić information content (AvgIpc) is 2.34. The molecule has 18 heavy (non-hydrogen) atoms. The van der Waals surface area contributed by atoms with Gasteiger partial charge in [0.1, 0.15) is 18.2 Å². The Hall–Kier alpha value is -1.75. The summed E-state index contributed by atoms with van der Waals surface area (Å²) in [6, 6.07) is 3.56. The molecule has 0 aliphatic rings. The summed E-state index contributed by atoms with van der Waals surface area (Å²) in [6.45, 7) is 4.43. The number of amides is 2. The molecule has 4 nitrogen and oxygen atoms in total. The van der Waals surface area contributed by atoms with Gasteiger partial charge in [-0.2, -0.15) is 0 Å². The van der Waals surface area contributed by atoms with Gasteiger partial charge in [0.2, 0.25) is 0 Å².